The summed E-state index contributed by atoms with van der Waals surface area (Å²) in [7, 11) is -3.10. The van der Waals surface area contributed by atoms with Crippen LogP contribution in [0.15, 0.2) is 18.2 Å². The van der Waals surface area contributed by atoms with E-state index in [0.717, 1.165) is 6.07 Å². The minimum atomic E-state index is -3.10. The molecule has 2 N–H and O–H groups in total. The minimum absolute atomic E-state index is 0.103. The summed E-state index contributed by atoms with van der Waals surface area (Å²) in [6.45, 7) is 0.103. The van der Waals surface area contributed by atoms with Gasteiger partial charge in [-0.25, -0.2) is 17.6 Å². The second kappa shape index (κ2) is 5.16. The smallest absolute Gasteiger partial charge is 0.340 e. The van der Waals surface area contributed by atoms with Crippen molar-refractivity contribution in [1.82, 2.24) is 0 Å². The van der Waals surface area contributed by atoms with Gasteiger partial charge in [-0.15, -0.1) is 0 Å². The first-order valence-electron chi connectivity index (χ1n) is 5.89. The molecule has 5 nitrogen and oxygen atoms in total. The van der Waals surface area contributed by atoms with E-state index >= 15 is 0 Å². The number of aromatic carboxylic acids is 1. The maximum Gasteiger partial charge on any atom is 0.340 e. The Morgan fingerprint density at radius 3 is 2.79 bits per heavy atom. The van der Waals surface area contributed by atoms with Gasteiger partial charge in [0.1, 0.15) is 11.4 Å². The molecule has 0 aliphatic carbocycles. The van der Waals surface area contributed by atoms with Crippen molar-refractivity contribution >= 4 is 21.5 Å². The summed E-state index contributed by atoms with van der Waals surface area (Å²) in [6, 6.07) is 3.86. The van der Waals surface area contributed by atoms with Crippen LogP contribution in [-0.2, 0) is 9.84 Å². The Bertz CT molecular complexity index is 600. The van der Waals surface area contributed by atoms with Gasteiger partial charge in [-0.1, -0.05) is 6.07 Å². The first-order valence-corrected chi connectivity index (χ1v) is 7.60. The van der Waals surface area contributed by atoms with Crippen LogP contribution in [0, 0.1) is 5.82 Å². The molecule has 1 aromatic rings. The maximum atomic E-state index is 13.4. The van der Waals surface area contributed by atoms with Crippen molar-refractivity contribution in [2.75, 3.05) is 17.6 Å². The highest BCUT2D eigenvalue weighted by molar-refractivity contribution is 7.92. The van der Waals surface area contributed by atoms with Gasteiger partial charge in [-0.2, -0.15) is 0 Å². The molecular formula is C12H14FNO4S. The lowest BCUT2D eigenvalue weighted by Gasteiger charge is -2.13. The summed E-state index contributed by atoms with van der Waals surface area (Å²) in [5, 5.41) is 11.1. The highest BCUT2D eigenvalue weighted by Gasteiger charge is 2.31. The van der Waals surface area contributed by atoms with Crippen molar-refractivity contribution in [2.45, 2.75) is 18.1 Å². The monoisotopic (exact) mass is 287 g/mol. The van der Waals surface area contributed by atoms with Gasteiger partial charge >= 0.3 is 5.97 Å². The molecular weight excluding hydrogens is 273 g/mol. The van der Waals surface area contributed by atoms with Crippen LogP contribution in [-0.4, -0.2) is 37.0 Å². The predicted octanol–water partition coefficient (Wildman–Crippen LogP) is 1.51. The van der Waals surface area contributed by atoms with E-state index in [1.807, 2.05) is 0 Å². The summed E-state index contributed by atoms with van der Waals surface area (Å²) in [4.78, 5) is 11.0. The van der Waals surface area contributed by atoms with E-state index in [1.54, 1.807) is 0 Å². The molecule has 0 bridgehead atoms. The zero-order chi connectivity index (χ0) is 14.0. The molecule has 0 amide bonds. The number of carboxylic acids is 1. The second-order valence-electron chi connectivity index (χ2n) is 4.48. The van der Waals surface area contributed by atoms with Gasteiger partial charge in [0.15, 0.2) is 9.84 Å². The number of anilines is 1. The molecule has 0 radical (unpaired) electrons. The van der Waals surface area contributed by atoms with Crippen LogP contribution in [0.25, 0.3) is 0 Å². The van der Waals surface area contributed by atoms with Gasteiger partial charge < -0.3 is 10.4 Å². The van der Waals surface area contributed by atoms with E-state index < -0.39 is 32.4 Å². The third-order valence-electron chi connectivity index (χ3n) is 3.21. The van der Waals surface area contributed by atoms with Crippen molar-refractivity contribution in [3.63, 3.8) is 0 Å². The van der Waals surface area contributed by atoms with Crippen LogP contribution in [0.4, 0.5) is 10.1 Å². The van der Waals surface area contributed by atoms with E-state index in [2.05, 4.69) is 5.32 Å². The number of carbonyl (C=O) groups is 1. The fourth-order valence-electron chi connectivity index (χ4n) is 2.20. The number of nitrogens with one attached hydrogen (secondary N) is 1. The van der Waals surface area contributed by atoms with Crippen molar-refractivity contribution in [2.24, 2.45) is 0 Å². The number of halogens is 1. The Morgan fingerprint density at radius 2 is 2.21 bits per heavy atom. The van der Waals surface area contributed by atoms with Crippen molar-refractivity contribution < 1.29 is 22.7 Å². The fraction of sp³-hybridized carbons (Fsp3) is 0.417. The van der Waals surface area contributed by atoms with E-state index in [-0.39, 0.29) is 18.0 Å². The van der Waals surface area contributed by atoms with Gasteiger partial charge in [0.05, 0.1) is 16.7 Å². The van der Waals surface area contributed by atoms with Crippen molar-refractivity contribution in [3.05, 3.63) is 29.6 Å². The number of benzene rings is 1. The number of sulfone groups is 1. The third-order valence-corrected chi connectivity index (χ3v) is 5.49. The molecule has 1 unspecified atom stereocenters. The Morgan fingerprint density at radius 1 is 1.47 bits per heavy atom. The van der Waals surface area contributed by atoms with E-state index in [1.165, 1.54) is 12.1 Å². The molecule has 0 aromatic heterocycles. The van der Waals surface area contributed by atoms with Crippen LogP contribution < -0.4 is 5.32 Å². The molecule has 1 heterocycles. The lowest BCUT2D eigenvalue weighted by Crippen LogP contribution is -2.25. The fourth-order valence-corrected chi connectivity index (χ4v) is 3.97. The molecule has 1 aromatic carbocycles. The topological polar surface area (TPSA) is 83.5 Å². The summed E-state index contributed by atoms with van der Waals surface area (Å²) < 4.78 is 36.7. The summed E-state index contributed by atoms with van der Waals surface area (Å²) in [5.74, 6) is -2.06. The molecule has 2 rings (SSSR count). The lowest BCUT2D eigenvalue weighted by molar-refractivity contribution is 0.0693. The van der Waals surface area contributed by atoms with Crippen LogP contribution in [0.2, 0.25) is 0 Å². The van der Waals surface area contributed by atoms with Gasteiger partial charge in [0.25, 0.3) is 0 Å². The summed E-state index contributed by atoms with van der Waals surface area (Å²) >= 11 is 0. The average Bonchev–Trinajstić information content (AvgIpc) is 2.65. The normalized spacial score (nSPS) is 21.2. The quantitative estimate of drug-likeness (QED) is 0.877. The summed E-state index contributed by atoms with van der Waals surface area (Å²) in [6.07, 6.45) is 1.16. The Hall–Kier alpha value is -1.63. The largest absolute Gasteiger partial charge is 0.478 e. The summed E-state index contributed by atoms with van der Waals surface area (Å²) in [5.41, 5.74) is -0.354. The SMILES string of the molecule is O=C(O)c1c(F)cccc1NCC1CCCS1(=O)=O. The maximum absolute atomic E-state index is 13.4. The second-order valence-corrected chi connectivity index (χ2v) is 6.88. The van der Waals surface area contributed by atoms with Crippen LogP contribution in [0.3, 0.4) is 0 Å². The van der Waals surface area contributed by atoms with Gasteiger partial charge in [0, 0.05) is 6.54 Å². The first kappa shape index (κ1) is 13.8. The van der Waals surface area contributed by atoms with E-state index in [4.69, 9.17) is 5.11 Å². The molecule has 7 heteroatoms. The molecule has 1 atom stereocenters. The lowest BCUT2D eigenvalue weighted by atomic mass is 10.1. The standard InChI is InChI=1S/C12H14FNO4S/c13-9-4-1-5-10(11(9)12(15)16)14-7-8-3-2-6-19(8,17)18/h1,4-5,8,14H,2-3,6-7H2,(H,15,16). The third kappa shape index (κ3) is 2.86. The van der Waals surface area contributed by atoms with Gasteiger partial charge in [0.2, 0.25) is 0 Å². The molecule has 1 aliphatic rings. The van der Waals surface area contributed by atoms with Gasteiger partial charge in [-0.3, -0.25) is 0 Å². The average molecular weight is 287 g/mol. The van der Waals surface area contributed by atoms with Crippen LogP contribution in [0.1, 0.15) is 23.2 Å². The van der Waals surface area contributed by atoms with Crippen molar-refractivity contribution in [1.29, 1.82) is 0 Å². The molecule has 1 fully saturated rings. The number of rotatable bonds is 4. The minimum Gasteiger partial charge on any atom is -0.478 e. The molecule has 0 saturated carbocycles. The number of hydrogen-bond donors (Lipinski definition) is 2. The number of carboxylic acid groups (broad SMARTS) is 1. The molecule has 1 aliphatic heterocycles. The van der Waals surface area contributed by atoms with Crippen LogP contribution >= 0.6 is 0 Å². The zero-order valence-corrected chi connectivity index (χ0v) is 10.9. The highest BCUT2D eigenvalue weighted by atomic mass is 32.2. The number of hydrogen-bond acceptors (Lipinski definition) is 4. The van der Waals surface area contributed by atoms with Crippen molar-refractivity contribution in [3.8, 4) is 0 Å². The van der Waals surface area contributed by atoms with E-state index in [0.29, 0.717) is 12.8 Å². The highest BCUT2D eigenvalue weighted by Crippen LogP contribution is 2.23. The van der Waals surface area contributed by atoms with Crippen LogP contribution in [0.5, 0.6) is 0 Å². The zero-order valence-electron chi connectivity index (χ0n) is 10.1. The molecule has 19 heavy (non-hydrogen) atoms. The predicted molar refractivity (Wildman–Crippen MR) is 68.7 cm³/mol. The Labute approximate surface area is 110 Å². The molecule has 1 saturated heterocycles. The molecule has 104 valence electrons. The Balaban J connectivity index is 2.16. The first-order chi connectivity index (χ1) is 8.92. The van der Waals surface area contributed by atoms with E-state index in [9.17, 15) is 17.6 Å². The van der Waals surface area contributed by atoms with Gasteiger partial charge in [-0.05, 0) is 25.0 Å². The Kier molecular flexibility index (Phi) is 3.75. The molecule has 0 spiro atoms.